The van der Waals surface area contributed by atoms with Crippen molar-refractivity contribution >= 4 is 46.6 Å². The molecule has 4 nitrogen and oxygen atoms in total. The van der Waals surface area contributed by atoms with Crippen LogP contribution >= 0.6 is 23.4 Å². The molecule has 0 N–H and O–H groups in total. The number of rotatable bonds is 1. The van der Waals surface area contributed by atoms with Crippen molar-refractivity contribution in [3.05, 3.63) is 59.1 Å². The number of thioether (sulfide) groups is 1. The van der Waals surface area contributed by atoms with Crippen LogP contribution in [0.25, 0.3) is 0 Å². The Labute approximate surface area is 143 Å². The Morgan fingerprint density at radius 2 is 1.78 bits per heavy atom. The van der Waals surface area contributed by atoms with Crippen molar-refractivity contribution in [2.45, 2.75) is 4.87 Å². The van der Waals surface area contributed by atoms with Crippen molar-refractivity contribution in [3.63, 3.8) is 0 Å². The second-order valence-corrected chi connectivity index (χ2v) is 7.12. The Bertz CT molecular complexity index is 824. The van der Waals surface area contributed by atoms with Gasteiger partial charge in [0.15, 0.2) is 0 Å². The fourth-order valence-electron chi connectivity index (χ4n) is 3.25. The standard InChI is InChI=1S/C17H13ClN2O2S/c1-19-14-5-3-2-4-13(14)17(16(19)22)20(15(21)10-23-17)12-8-6-11(18)7-9-12/h2-9H,10H2,1H3/t17-/m0/s1. The lowest BCUT2D eigenvalue weighted by atomic mass is 10.0. The third-order valence-corrected chi connectivity index (χ3v) is 5.92. The number of amides is 2. The number of para-hydroxylation sites is 1. The fourth-order valence-corrected chi connectivity index (χ4v) is 4.76. The third-order valence-electron chi connectivity index (χ3n) is 4.28. The lowest BCUT2D eigenvalue weighted by molar-refractivity contribution is -0.123. The van der Waals surface area contributed by atoms with Crippen LogP contribution in [0.15, 0.2) is 48.5 Å². The zero-order valence-electron chi connectivity index (χ0n) is 12.3. The molecule has 4 rings (SSSR count). The molecule has 23 heavy (non-hydrogen) atoms. The Morgan fingerprint density at radius 1 is 1.09 bits per heavy atom. The average Bonchev–Trinajstić information content (AvgIpc) is 3.01. The van der Waals surface area contributed by atoms with Crippen LogP contribution in [0, 0.1) is 0 Å². The maximum Gasteiger partial charge on any atom is 0.268 e. The third kappa shape index (κ3) is 1.87. The SMILES string of the molecule is CN1C(=O)[C@@]2(SCC(=O)N2c2ccc(Cl)cc2)c2ccccc21. The largest absolute Gasteiger partial charge is 0.312 e. The quantitative estimate of drug-likeness (QED) is 0.797. The van der Waals surface area contributed by atoms with Crippen molar-refractivity contribution in [2.24, 2.45) is 0 Å². The highest BCUT2D eigenvalue weighted by molar-refractivity contribution is 8.02. The summed E-state index contributed by atoms with van der Waals surface area (Å²) in [4.78, 5) is 27.9. The van der Waals surface area contributed by atoms with Gasteiger partial charge in [0.05, 0.1) is 11.4 Å². The minimum atomic E-state index is -1.02. The molecule has 2 heterocycles. The molecule has 0 bridgehead atoms. The highest BCUT2D eigenvalue weighted by Gasteiger charge is 2.60. The van der Waals surface area contributed by atoms with Gasteiger partial charge in [-0.3, -0.25) is 14.5 Å². The van der Waals surface area contributed by atoms with Crippen molar-refractivity contribution in [1.82, 2.24) is 0 Å². The fraction of sp³-hybridized carbons (Fsp3) is 0.176. The Hall–Kier alpha value is -1.98. The van der Waals surface area contributed by atoms with E-state index >= 15 is 0 Å². The summed E-state index contributed by atoms with van der Waals surface area (Å²) >= 11 is 7.33. The zero-order chi connectivity index (χ0) is 16.2. The van der Waals surface area contributed by atoms with E-state index in [0.717, 1.165) is 11.3 Å². The van der Waals surface area contributed by atoms with E-state index in [1.54, 1.807) is 41.1 Å². The van der Waals surface area contributed by atoms with E-state index in [1.807, 2.05) is 24.3 Å². The topological polar surface area (TPSA) is 40.6 Å². The molecule has 0 unspecified atom stereocenters. The Balaban J connectivity index is 1.94. The van der Waals surface area contributed by atoms with Crippen LogP contribution in [0.4, 0.5) is 11.4 Å². The predicted octanol–water partition coefficient (Wildman–Crippen LogP) is 3.25. The summed E-state index contributed by atoms with van der Waals surface area (Å²) in [6.07, 6.45) is 0. The summed E-state index contributed by atoms with van der Waals surface area (Å²) < 4.78 is 0. The van der Waals surface area contributed by atoms with Gasteiger partial charge in [-0.2, -0.15) is 0 Å². The Kier molecular flexibility index (Phi) is 3.18. The van der Waals surface area contributed by atoms with Gasteiger partial charge >= 0.3 is 0 Å². The number of likely N-dealkylation sites (N-methyl/N-ethyl adjacent to an activating group) is 1. The van der Waals surface area contributed by atoms with Gasteiger partial charge in [-0.1, -0.05) is 29.8 Å². The number of carbonyl (C=O) groups excluding carboxylic acids is 2. The Morgan fingerprint density at radius 3 is 2.52 bits per heavy atom. The first-order chi connectivity index (χ1) is 11.1. The number of halogens is 1. The van der Waals surface area contributed by atoms with Gasteiger partial charge in [0.1, 0.15) is 0 Å². The van der Waals surface area contributed by atoms with Gasteiger partial charge in [0.25, 0.3) is 5.91 Å². The van der Waals surface area contributed by atoms with Gasteiger partial charge in [-0.05, 0) is 30.3 Å². The second kappa shape index (κ2) is 5.01. The number of nitrogens with zero attached hydrogens (tertiary/aromatic N) is 2. The highest BCUT2D eigenvalue weighted by Crippen LogP contribution is 2.55. The molecular formula is C17H13ClN2O2S. The molecule has 1 atom stereocenters. The minimum absolute atomic E-state index is 0.0734. The molecule has 1 fully saturated rings. The molecule has 0 radical (unpaired) electrons. The van der Waals surface area contributed by atoms with E-state index in [1.165, 1.54) is 11.8 Å². The maximum atomic E-state index is 13.1. The van der Waals surface area contributed by atoms with Crippen LogP contribution in [0.5, 0.6) is 0 Å². The van der Waals surface area contributed by atoms with Crippen LogP contribution in [-0.4, -0.2) is 24.6 Å². The van der Waals surface area contributed by atoms with Gasteiger partial charge in [0.2, 0.25) is 10.8 Å². The molecule has 2 aliphatic heterocycles. The van der Waals surface area contributed by atoms with Crippen molar-refractivity contribution in [2.75, 3.05) is 22.6 Å². The van der Waals surface area contributed by atoms with E-state index in [-0.39, 0.29) is 17.6 Å². The van der Waals surface area contributed by atoms with Crippen LogP contribution < -0.4 is 9.80 Å². The molecule has 6 heteroatoms. The summed E-state index contributed by atoms with van der Waals surface area (Å²) in [5.41, 5.74) is 2.39. The van der Waals surface area contributed by atoms with E-state index in [0.29, 0.717) is 10.7 Å². The van der Waals surface area contributed by atoms with Gasteiger partial charge in [-0.25, -0.2) is 0 Å². The maximum absolute atomic E-state index is 13.1. The van der Waals surface area contributed by atoms with E-state index < -0.39 is 4.87 Å². The first-order valence-electron chi connectivity index (χ1n) is 7.16. The smallest absolute Gasteiger partial charge is 0.268 e. The van der Waals surface area contributed by atoms with Crippen molar-refractivity contribution in [1.29, 1.82) is 0 Å². The number of anilines is 2. The monoisotopic (exact) mass is 344 g/mol. The van der Waals surface area contributed by atoms with E-state index in [9.17, 15) is 9.59 Å². The summed E-state index contributed by atoms with van der Waals surface area (Å²) in [6, 6.07) is 14.7. The average molecular weight is 345 g/mol. The molecule has 2 aliphatic rings. The highest BCUT2D eigenvalue weighted by atomic mass is 35.5. The molecule has 116 valence electrons. The predicted molar refractivity (Wildman–Crippen MR) is 92.9 cm³/mol. The lowest BCUT2D eigenvalue weighted by Gasteiger charge is -2.32. The number of carbonyl (C=O) groups is 2. The van der Waals surface area contributed by atoms with Gasteiger partial charge in [-0.15, -0.1) is 11.8 Å². The van der Waals surface area contributed by atoms with Gasteiger partial charge in [0, 0.05) is 23.3 Å². The van der Waals surface area contributed by atoms with Crippen LogP contribution in [0.3, 0.4) is 0 Å². The summed E-state index contributed by atoms with van der Waals surface area (Å²) in [5, 5.41) is 0.595. The van der Waals surface area contributed by atoms with Crippen molar-refractivity contribution < 1.29 is 9.59 Å². The first kappa shape index (κ1) is 14.6. The number of hydrogen-bond acceptors (Lipinski definition) is 3. The first-order valence-corrected chi connectivity index (χ1v) is 8.52. The van der Waals surface area contributed by atoms with E-state index in [2.05, 4.69) is 0 Å². The number of benzene rings is 2. The van der Waals surface area contributed by atoms with Crippen LogP contribution in [0.2, 0.25) is 5.02 Å². The second-order valence-electron chi connectivity index (χ2n) is 5.52. The zero-order valence-corrected chi connectivity index (χ0v) is 13.9. The van der Waals surface area contributed by atoms with Crippen LogP contribution in [0.1, 0.15) is 5.56 Å². The van der Waals surface area contributed by atoms with Gasteiger partial charge < -0.3 is 4.90 Å². The minimum Gasteiger partial charge on any atom is -0.312 e. The molecule has 0 saturated carbocycles. The number of fused-ring (bicyclic) bond motifs is 2. The van der Waals surface area contributed by atoms with E-state index in [4.69, 9.17) is 11.6 Å². The lowest BCUT2D eigenvalue weighted by Crippen LogP contribution is -2.49. The molecule has 1 saturated heterocycles. The molecular weight excluding hydrogens is 332 g/mol. The molecule has 2 aromatic rings. The number of hydrogen-bond donors (Lipinski definition) is 0. The normalized spacial score (nSPS) is 23.0. The molecule has 1 spiro atoms. The van der Waals surface area contributed by atoms with Crippen LogP contribution in [-0.2, 0) is 14.5 Å². The summed E-state index contributed by atoms with van der Waals surface area (Å²) in [7, 11) is 1.75. The molecule has 0 aromatic heterocycles. The summed E-state index contributed by atoms with van der Waals surface area (Å²) in [6.45, 7) is 0. The molecule has 0 aliphatic carbocycles. The molecule has 2 amide bonds. The molecule has 2 aromatic carbocycles. The van der Waals surface area contributed by atoms with Crippen molar-refractivity contribution in [3.8, 4) is 0 Å². The summed E-state index contributed by atoms with van der Waals surface area (Å²) in [5.74, 6) is 0.108.